The summed E-state index contributed by atoms with van der Waals surface area (Å²) in [6, 6.07) is 7.20. The van der Waals surface area contributed by atoms with Gasteiger partial charge in [-0.15, -0.1) is 0 Å². The quantitative estimate of drug-likeness (QED) is 0.754. The molecule has 0 heterocycles. The van der Waals surface area contributed by atoms with Crippen molar-refractivity contribution in [3.8, 4) is 0 Å². The molecular formula is C14H20O2S. The maximum Gasteiger partial charge on any atom is 0.175 e. The summed E-state index contributed by atoms with van der Waals surface area (Å²) in [5.74, 6) is 0.435. The van der Waals surface area contributed by atoms with Crippen molar-refractivity contribution >= 4 is 9.84 Å². The molecule has 0 aliphatic heterocycles. The van der Waals surface area contributed by atoms with Crippen LogP contribution in [0.25, 0.3) is 0 Å². The van der Waals surface area contributed by atoms with E-state index in [2.05, 4.69) is 26.0 Å². The Bertz CT molecular complexity index is 487. The van der Waals surface area contributed by atoms with E-state index in [1.807, 2.05) is 12.1 Å². The second kappa shape index (κ2) is 6.01. The van der Waals surface area contributed by atoms with Gasteiger partial charge in [0.2, 0.25) is 0 Å². The molecule has 0 fully saturated rings. The van der Waals surface area contributed by atoms with E-state index in [9.17, 15) is 8.42 Å². The maximum absolute atomic E-state index is 11.4. The zero-order valence-electron chi connectivity index (χ0n) is 10.7. The summed E-state index contributed by atoms with van der Waals surface area (Å²) in [7, 11) is -3.10. The maximum atomic E-state index is 11.4. The van der Waals surface area contributed by atoms with Crippen LogP contribution in [0.4, 0.5) is 0 Å². The molecule has 1 aromatic rings. The van der Waals surface area contributed by atoms with Crippen molar-refractivity contribution in [3.63, 3.8) is 0 Å². The number of sulfone groups is 1. The first-order chi connectivity index (χ1) is 7.93. The zero-order valence-corrected chi connectivity index (χ0v) is 11.5. The van der Waals surface area contributed by atoms with Crippen LogP contribution in [-0.2, 0) is 16.3 Å². The molecule has 0 aromatic heterocycles. The summed E-state index contributed by atoms with van der Waals surface area (Å²) in [6.07, 6.45) is 7.47. The van der Waals surface area contributed by atoms with Crippen LogP contribution in [0.1, 0.15) is 25.8 Å². The molecule has 1 rings (SSSR count). The largest absolute Gasteiger partial charge is 0.224 e. The number of allylic oxidation sites excluding steroid dienone is 2. The third-order valence-corrected chi connectivity index (χ3v) is 3.69. The average molecular weight is 252 g/mol. The van der Waals surface area contributed by atoms with Gasteiger partial charge in [0, 0.05) is 6.26 Å². The van der Waals surface area contributed by atoms with Gasteiger partial charge in [-0.05, 0) is 36.5 Å². The SMILES string of the molecule is CC/C=C\C(C)Cc1cccc(S(C)(=O)=O)c1. The van der Waals surface area contributed by atoms with Gasteiger partial charge in [0.05, 0.1) is 4.90 Å². The molecule has 94 valence electrons. The smallest absolute Gasteiger partial charge is 0.175 e. The average Bonchev–Trinajstić information content (AvgIpc) is 2.25. The van der Waals surface area contributed by atoms with Crippen LogP contribution in [0.15, 0.2) is 41.3 Å². The van der Waals surface area contributed by atoms with E-state index in [1.54, 1.807) is 12.1 Å². The Morgan fingerprint density at radius 1 is 1.35 bits per heavy atom. The molecular weight excluding hydrogens is 232 g/mol. The monoisotopic (exact) mass is 252 g/mol. The number of hydrogen-bond acceptors (Lipinski definition) is 2. The predicted octanol–water partition coefficient (Wildman–Crippen LogP) is 3.23. The minimum atomic E-state index is -3.10. The third-order valence-electron chi connectivity index (χ3n) is 2.58. The van der Waals surface area contributed by atoms with E-state index < -0.39 is 9.84 Å². The molecule has 0 radical (unpaired) electrons. The van der Waals surface area contributed by atoms with Crippen molar-refractivity contribution in [1.29, 1.82) is 0 Å². The van der Waals surface area contributed by atoms with Crippen LogP contribution < -0.4 is 0 Å². The summed E-state index contributed by atoms with van der Waals surface area (Å²) < 4.78 is 22.9. The second-order valence-electron chi connectivity index (χ2n) is 4.44. The van der Waals surface area contributed by atoms with Crippen molar-refractivity contribution in [2.45, 2.75) is 31.6 Å². The number of hydrogen-bond donors (Lipinski definition) is 0. The van der Waals surface area contributed by atoms with Crippen LogP contribution in [-0.4, -0.2) is 14.7 Å². The van der Waals surface area contributed by atoms with E-state index in [0.717, 1.165) is 18.4 Å². The van der Waals surface area contributed by atoms with E-state index >= 15 is 0 Å². The minimum Gasteiger partial charge on any atom is -0.224 e. The number of rotatable bonds is 5. The second-order valence-corrected chi connectivity index (χ2v) is 6.45. The van der Waals surface area contributed by atoms with Gasteiger partial charge in [0.15, 0.2) is 9.84 Å². The number of benzene rings is 1. The van der Waals surface area contributed by atoms with Gasteiger partial charge in [0.1, 0.15) is 0 Å². The molecule has 0 saturated carbocycles. The molecule has 1 aromatic carbocycles. The normalized spacial score (nSPS) is 14.1. The van der Waals surface area contributed by atoms with Gasteiger partial charge in [-0.2, -0.15) is 0 Å². The lowest BCUT2D eigenvalue weighted by Gasteiger charge is -2.07. The molecule has 1 atom stereocenters. The van der Waals surface area contributed by atoms with Crippen LogP contribution in [0, 0.1) is 5.92 Å². The fraction of sp³-hybridized carbons (Fsp3) is 0.429. The predicted molar refractivity (Wildman–Crippen MR) is 71.9 cm³/mol. The highest BCUT2D eigenvalue weighted by molar-refractivity contribution is 7.90. The van der Waals surface area contributed by atoms with Crippen molar-refractivity contribution < 1.29 is 8.42 Å². The topological polar surface area (TPSA) is 34.1 Å². The lowest BCUT2D eigenvalue weighted by atomic mass is 10.0. The third kappa shape index (κ3) is 4.73. The van der Waals surface area contributed by atoms with E-state index in [4.69, 9.17) is 0 Å². The molecule has 17 heavy (non-hydrogen) atoms. The summed E-state index contributed by atoms with van der Waals surface area (Å²) >= 11 is 0. The van der Waals surface area contributed by atoms with Crippen molar-refractivity contribution in [2.75, 3.05) is 6.26 Å². The highest BCUT2D eigenvalue weighted by Crippen LogP contribution is 2.15. The van der Waals surface area contributed by atoms with Gasteiger partial charge in [-0.3, -0.25) is 0 Å². The van der Waals surface area contributed by atoms with E-state index in [1.165, 1.54) is 6.26 Å². The molecule has 0 amide bonds. The molecule has 0 aliphatic carbocycles. The van der Waals surface area contributed by atoms with Gasteiger partial charge in [-0.25, -0.2) is 8.42 Å². The van der Waals surface area contributed by atoms with Crippen molar-refractivity contribution in [1.82, 2.24) is 0 Å². The Morgan fingerprint density at radius 3 is 2.65 bits per heavy atom. The lowest BCUT2D eigenvalue weighted by molar-refractivity contribution is 0.601. The lowest BCUT2D eigenvalue weighted by Crippen LogP contribution is -2.00. The van der Waals surface area contributed by atoms with Crippen LogP contribution >= 0.6 is 0 Å². The van der Waals surface area contributed by atoms with Crippen LogP contribution in [0.3, 0.4) is 0 Å². The first kappa shape index (κ1) is 14.0. The van der Waals surface area contributed by atoms with E-state index in [0.29, 0.717) is 10.8 Å². The Labute approximate surface area is 104 Å². The first-order valence-corrected chi connectivity index (χ1v) is 7.78. The Balaban J connectivity index is 2.83. The van der Waals surface area contributed by atoms with Crippen LogP contribution in [0.5, 0.6) is 0 Å². The Morgan fingerprint density at radius 2 is 2.06 bits per heavy atom. The fourth-order valence-electron chi connectivity index (χ4n) is 1.71. The van der Waals surface area contributed by atoms with Crippen LogP contribution in [0.2, 0.25) is 0 Å². The minimum absolute atomic E-state index is 0.404. The van der Waals surface area contributed by atoms with Crippen molar-refractivity contribution in [2.24, 2.45) is 5.92 Å². The highest BCUT2D eigenvalue weighted by Gasteiger charge is 2.08. The van der Waals surface area contributed by atoms with Gasteiger partial charge < -0.3 is 0 Å². The van der Waals surface area contributed by atoms with Gasteiger partial charge in [0.25, 0.3) is 0 Å². The van der Waals surface area contributed by atoms with Gasteiger partial charge in [-0.1, -0.05) is 38.1 Å². The summed E-state index contributed by atoms with van der Waals surface area (Å²) in [5.41, 5.74) is 1.07. The molecule has 2 nitrogen and oxygen atoms in total. The summed E-state index contributed by atoms with van der Waals surface area (Å²) in [5, 5.41) is 0. The highest BCUT2D eigenvalue weighted by atomic mass is 32.2. The molecule has 0 spiro atoms. The summed E-state index contributed by atoms with van der Waals surface area (Å²) in [4.78, 5) is 0.404. The molecule has 0 aliphatic rings. The zero-order chi connectivity index (χ0) is 12.9. The standard InChI is InChI=1S/C14H20O2S/c1-4-5-7-12(2)10-13-8-6-9-14(11-13)17(3,15)16/h5-9,11-12H,4,10H2,1-3H3/b7-5-. The molecule has 0 bridgehead atoms. The summed E-state index contributed by atoms with van der Waals surface area (Å²) in [6.45, 7) is 4.24. The molecule has 0 saturated heterocycles. The molecule has 0 N–H and O–H groups in total. The fourth-order valence-corrected chi connectivity index (χ4v) is 2.40. The Kier molecular flexibility index (Phi) is 4.94. The first-order valence-electron chi connectivity index (χ1n) is 5.89. The van der Waals surface area contributed by atoms with Gasteiger partial charge >= 0.3 is 0 Å². The van der Waals surface area contributed by atoms with E-state index in [-0.39, 0.29) is 0 Å². The molecule has 3 heteroatoms. The van der Waals surface area contributed by atoms with Crippen molar-refractivity contribution in [3.05, 3.63) is 42.0 Å². The Hall–Kier alpha value is -1.09. The molecule has 1 unspecified atom stereocenters.